The molecule has 0 spiro atoms. The molecular formula is C12H18N2O. The van der Waals surface area contributed by atoms with E-state index in [2.05, 4.69) is 18.0 Å². The molecular weight excluding hydrogens is 188 g/mol. The molecule has 3 heteroatoms. The fourth-order valence-corrected chi connectivity index (χ4v) is 2.28. The largest absolute Gasteiger partial charge is 0.378 e. The molecule has 0 unspecified atom stereocenters. The van der Waals surface area contributed by atoms with E-state index in [1.54, 1.807) is 6.20 Å². The molecule has 1 aromatic heterocycles. The van der Waals surface area contributed by atoms with Crippen LogP contribution >= 0.6 is 0 Å². The summed E-state index contributed by atoms with van der Waals surface area (Å²) in [5.74, 6) is 0.444. The molecule has 15 heavy (non-hydrogen) atoms. The lowest BCUT2D eigenvalue weighted by atomic mass is 9.86. The van der Waals surface area contributed by atoms with E-state index in [0.29, 0.717) is 12.0 Å². The minimum Gasteiger partial charge on any atom is -0.378 e. The summed E-state index contributed by atoms with van der Waals surface area (Å²) < 4.78 is 0. The maximum absolute atomic E-state index is 9.89. The standard InChI is InChI=1S/C12H18N2O/c1-9-6-11(7-12(15)14(9)2)10-4-3-5-13-8-10/h3-5,8-9,11-12,15H,6-7H2,1-2H3/t9-,11+,12+/m1/s1. The van der Waals surface area contributed by atoms with Gasteiger partial charge in [-0.15, -0.1) is 0 Å². The minimum atomic E-state index is -0.320. The lowest BCUT2D eigenvalue weighted by Gasteiger charge is -2.39. The summed E-state index contributed by atoms with van der Waals surface area (Å²) >= 11 is 0. The first-order valence-corrected chi connectivity index (χ1v) is 5.48. The van der Waals surface area contributed by atoms with Crippen LogP contribution in [-0.4, -0.2) is 34.3 Å². The van der Waals surface area contributed by atoms with Crippen molar-refractivity contribution in [2.45, 2.75) is 38.0 Å². The van der Waals surface area contributed by atoms with Gasteiger partial charge in [-0.05, 0) is 44.4 Å². The van der Waals surface area contributed by atoms with E-state index in [1.165, 1.54) is 5.56 Å². The topological polar surface area (TPSA) is 36.4 Å². The van der Waals surface area contributed by atoms with Crippen LogP contribution in [0.15, 0.2) is 24.5 Å². The van der Waals surface area contributed by atoms with Crippen LogP contribution in [0.2, 0.25) is 0 Å². The number of hydrogen-bond acceptors (Lipinski definition) is 3. The summed E-state index contributed by atoms with van der Waals surface area (Å²) in [7, 11) is 1.98. The highest BCUT2D eigenvalue weighted by atomic mass is 16.3. The van der Waals surface area contributed by atoms with Crippen LogP contribution in [0.25, 0.3) is 0 Å². The van der Waals surface area contributed by atoms with Crippen LogP contribution in [-0.2, 0) is 0 Å². The Hall–Kier alpha value is -0.930. The third-order valence-electron chi connectivity index (χ3n) is 3.44. The van der Waals surface area contributed by atoms with Crippen molar-refractivity contribution in [3.05, 3.63) is 30.1 Å². The van der Waals surface area contributed by atoms with Crippen LogP contribution in [0.4, 0.5) is 0 Å². The number of aliphatic hydroxyl groups excluding tert-OH is 1. The Morgan fingerprint density at radius 3 is 2.87 bits per heavy atom. The highest BCUT2D eigenvalue weighted by Crippen LogP contribution is 2.32. The summed E-state index contributed by atoms with van der Waals surface area (Å²) in [5.41, 5.74) is 1.25. The predicted octanol–water partition coefficient (Wildman–Crippen LogP) is 1.60. The SMILES string of the molecule is C[C@@H]1C[C@H](c2cccnc2)C[C@H](O)N1C. The predicted molar refractivity (Wildman–Crippen MR) is 59.4 cm³/mol. The molecule has 1 N–H and O–H groups in total. The zero-order valence-electron chi connectivity index (χ0n) is 9.30. The van der Waals surface area contributed by atoms with E-state index in [0.717, 1.165) is 12.8 Å². The highest BCUT2D eigenvalue weighted by molar-refractivity contribution is 5.16. The maximum atomic E-state index is 9.89. The van der Waals surface area contributed by atoms with Gasteiger partial charge in [0.05, 0.1) is 0 Å². The number of likely N-dealkylation sites (tertiary alicyclic amines) is 1. The first kappa shape index (κ1) is 10.6. The summed E-state index contributed by atoms with van der Waals surface area (Å²) in [6.45, 7) is 2.16. The zero-order chi connectivity index (χ0) is 10.8. The van der Waals surface area contributed by atoms with Gasteiger partial charge in [0.15, 0.2) is 0 Å². The van der Waals surface area contributed by atoms with Crippen molar-refractivity contribution in [1.29, 1.82) is 0 Å². The van der Waals surface area contributed by atoms with E-state index in [-0.39, 0.29) is 6.23 Å². The third kappa shape index (κ3) is 2.19. The van der Waals surface area contributed by atoms with E-state index < -0.39 is 0 Å². The lowest BCUT2D eigenvalue weighted by molar-refractivity contribution is -0.0410. The lowest BCUT2D eigenvalue weighted by Crippen LogP contribution is -2.44. The second kappa shape index (κ2) is 4.29. The Morgan fingerprint density at radius 1 is 1.47 bits per heavy atom. The number of rotatable bonds is 1. The van der Waals surface area contributed by atoms with Gasteiger partial charge in [-0.2, -0.15) is 0 Å². The average molecular weight is 206 g/mol. The molecule has 0 saturated carbocycles. The monoisotopic (exact) mass is 206 g/mol. The van der Waals surface area contributed by atoms with Crippen molar-refractivity contribution in [3.63, 3.8) is 0 Å². The van der Waals surface area contributed by atoms with E-state index in [4.69, 9.17) is 0 Å². The van der Waals surface area contributed by atoms with E-state index in [9.17, 15) is 5.11 Å². The number of pyridine rings is 1. The molecule has 82 valence electrons. The van der Waals surface area contributed by atoms with Crippen molar-refractivity contribution in [2.24, 2.45) is 0 Å². The van der Waals surface area contributed by atoms with E-state index in [1.807, 2.05) is 24.2 Å². The van der Waals surface area contributed by atoms with Gasteiger partial charge in [-0.25, -0.2) is 0 Å². The number of hydrogen-bond donors (Lipinski definition) is 1. The van der Waals surface area contributed by atoms with Crippen molar-refractivity contribution >= 4 is 0 Å². The molecule has 0 bridgehead atoms. The molecule has 0 aliphatic carbocycles. The number of piperidine rings is 1. The molecule has 1 aliphatic heterocycles. The Bertz CT molecular complexity index is 303. The highest BCUT2D eigenvalue weighted by Gasteiger charge is 2.30. The first-order valence-electron chi connectivity index (χ1n) is 5.48. The second-order valence-corrected chi connectivity index (χ2v) is 4.45. The van der Waals surface area contributed by atoms with Crippen LogP contribution in [0.3, 0.4) is 0 Å². The quantitative estimate of drug-likeness (QED) is 0.758. The molecule has 3 atom stereocenters. The summed E-state index contributed by atoms with van der Waals surface area (Å²) in [6.07, 6.45) is 5.29. The van der Waals surface area contributed by atoms with Gasteiger partial charge in [0.2, 0.25) is 0 Å². The molecule has 1 aliphatic rings. The van der Waals surface area contributed by atoms with Crippen LogP contribution in [0.5, 0.6) is 0 Å². The first-order chi connectivity index (χ1) is 7.18. The zero-order valence-corrected chi connectivity index (χ0v) is 9.30. The molecule has 0 radical (unpaired) electrons. The van der Waals surface area contributed by atoms with Crippen molar-refractivity contribution in [3.8, 4) is 0 Å². The van der Waals surface area contributed by atoms with Crippen molar-refractivity contribution < 1.29 is 5.11 Å². The molecule has 3 nitrogen and oxygen atoms in total. The van der Waals surface area contributed by atoms with Gasteiger partial charge in [0.1, 0.15) is 6.23 Å². The third-order valence-corrected chi connectivity index (χ3v) is 3.44. The van der Waals surface area contributed by atoms with Gasteiger partial charge in [0.25, 0.3) is 0 Å². The van der Waals surface area contributed by atoms with Crippen molar-refractivity contribution in [2.75, 3.05) is 7.05 Å². The number of aromatic nitrogens is 1. The normalized spacial score (nSPS) is 32.9. The van der Waals surface area contributed by atoms with Gasteiger partial charge in [0, 0.05) is 18.4 Å². The summed E-state index contributed by atoms with van der Waals surface area (Å²) in [6, 6.07) is 4.49. The molecule has 2 heterocycles. The fourth-order valence-electron chi connectivity index (χ4n) is 2.28. The van der Waals surface area contributed by atoms with Crippen LogP contribution < -0.4 is 0 Å². The number of aliphatic hydroxyl groups is 1. The van der Waals surface area contributed by atoms with Crippen molar-refractivity contribution in [1.82, 2.24) is 9.88 Å². The average Bonchev–Trinajstić information content (AvgIpc) is 2.26. The van der Waals surface area contributed by atoms with Crippen LogP contribution in [0, 0.1) is 0 Å². The second-order valence-electron chi connectivity index (χ2n) is 4.45. The Balaban J connectivity index is 2.13. The molecule has 1 fully saturated rings. The smallest absolute Gasteiger partial charge is 0.107 e. The molecule has 1 saturated heterocycles. The molecule has 2 rings (SSSR count). The van der Waals surface area contributed by atoms with Gasteiger partial charge in [-0.1, -0.05) is 6.07 Å². The summed E-state index contributed by atoms with van der Waals surface area (Å²) in [5, 5.41) is 9.89. The molecule has 0 amide bonds. The fraction of sp³-hybridized carbons (Fsp3) is 0.583. The molecule has 0 aromatic carbocycles. The Kier molecular flexibility index (Phi) is 3.03. The maximum Gasteiger partial charge on any atom is 0.107 e. The summed E-state index contributed by atoms with van der Waals surface area (Å²) in [4.78, 5) is 6.17. The van der Waals surface area contributed by atoms with Crippen LogP contribution in [0.1, 0.15) is 31.2 Å². The van der Waals surface area contributed by atoms with Gasteiger partial charge in [-0.3, -0.25) is 9.88 Å². The molecule has 1 aromatic rings. The van der Waals surface area contributed by atoms with Gasteiger partial charge >= 0.3 is 0 Å². The number of nitrogens with zero attached hydrogens (tertiary/aromatic N) is 2. The van der Waals surface area contributed by atoms with Gasteiger partial charge < -0.3 is 5.11 Å². The van der Waals surface area contributed by atoms with E-state index >= 15 is 0 Å². The minimum absolute atomic E-state index is 0.320. The Labute approximate surface area is 90.8 Å². The Morgan fingerprint density at radius 2 is 2.27 bits per heavy atom.